The molecule has 1 aliphatic rings. The summed E-state index contributed by atoms with van der Waals surface area (Å²) in [7, 11) is -2.48. The smallest absolute Gasteiger partial charge is 0.244 e. The molecular formula is C11H12BrF2NO3S. The van der Waals surface area contributed by atoms with Gasteiger partial charge in [0.05, 0.1) is 6.10 Å². The second kappa shape index (κ2) is 5.43. The Morgan fingerprint density at radius 2 is 2.00 bits per heavy atom. The molecule has 1 saturated carbocycles. The molecule has 1 aromatic carbocycles. The fourth-order valence-corrected chi connectivity index (χ4v) is 4.35. The number of hydrogen-bond donors (Lipinski definition) is 1. The van der Waals surface area contributed by atoms with Gasteiger partial charge in [0.2, 0.25) is 10.0 Å². The van der Waals surface area contributed by atoms with Gasteiger partial charge in [0.15, 0.2) is 0 Å². The summed E-state index contributed by atoms with van der Waals surface area (Å²) >= 11 is 2.87. The third-order valence-electron chi connectivity index (χ3n) is 2.98. The number of nitrogens with one attached hydrogen (secondary N) is 1. The van der Waals surface area contributed by atoms with Crippen LogP contribution in [0.15, 0.2) is 21.5 Å². The molecule has 0 spiro atoms. The van der Waals surface area contributed by atoms with Gasteiger partial charge >= 0.3 is 0 Å². The highest BCUT2D eigenvalue weighted by molar-refractivity contribution is 9.10. The fraction of sp³-hybridized carbons (Fsp3) is 0.455. The molecule has 0 bridgehead atoms. The number of ether oxygens (including phenoxy) is 1. The zero-order valence-corrected chi connectivity index (χ0v) is 12.4. The van der Waals surface area contributed by atoms with Crippen molar-refractivity contribution in [1.29, 1.82) is 0 Å². The lowest BCUT2D eigenvalue weighted by molar-refractivity contribution is 0.0236. The topological polar surface area (TPSA) is 55.4 Å². The standard InChI is InChI=1S/C11H12BrF2NO3S/c1-18-8-4-7(5-8)15-19(16,17)11-9(12)2-6(13)3-10(11)14/h2-3,7-8,15H,4-5H2,1H3. The molecule has 0 saturated heterocycles. The highest BCUT2D eigenvalue weighted by Gasteiger charge is 2.34. The summed E-state index contributed by atoms with van der Waals surface area (Å²) in [5, 5.41) is 0. The monoisotopic (exact) mass is 355 g/mol. The van der Waals surface area contributed by atoms with Crippen molar-refractivity contribution in [1.82, 2.24) is 4.72 Å². The SMILES string of the molecule is COC1CC(NS(=O)(=O)c2c(F)cc(F)cc2Br)C1. The van der Waals surface area contributed by atoms with E-state index in [1.807, 2.05) is 0 Å². The van der Waals surface area contributed by atoms with E-state index in [2.05, 4.69) is 20.7 Å². The summed E-state index contributed by atoms with van der Waals surface area (Å²) in [5.41, 5.74) is 0. The lowest BCUT2D eigenvalue weighted by Crippen LogP contribution is -2.47. The van der Waals surface area contributed by atoms with Gasteiger partial charge in [0.25, 0.3) is 0 Å². The Bertz CT molecular complexity index is 565. The van der Waals surface area contributed by atoms with E-state index in [4.69, 9.17) is 4.74 Å². The molecule has 0 aliphatic heterocycles. The quantitative estimate of drug-likeness (QED) is 0.900. The van der Waals surface area contributed by atoms with Gasteiger partial charge in [0.1, 0.15) is 16.5 Å². The van der Waals surface area contributed by atoms with Crippen LogP contribution in [0.4, 0.5) is 8.78 Å². The Morgan fingerprint density at radius 3 is 2.53 bits per heavy atom. The van der Waals surface area contributed by atoms with Gasteiger partial charge in [-0.1, -0.05) is 0 Å². The Hall–Kier alpha value is -0.570. The fourth-order valence-electron chi connectivity index (χ4n) is 1.92. The van der Waals surface area contributed by atoms with E-state index in [0.717, 1.165) is 6.07 Å². The average Bonchev–Trinajstić information content (AvgIpc) is 2.20. The van der Waals surface area contributed by atoms with Crippen LogP contribution in [0.5, 0.6) is 0 Å². The van der Waals surface area contributed by atoms with Crippen LogP contribution < -0.4 is 4.72 Å². The molecule has 1 fully saturated rings. The Morgan fingerprint density at radius 1 is 1.37 bits per heavy atom. The third kappa shape index (κ3) is 3.13. The molecule has 8 heteroatoms. The maximum Gasteiger partial charge on any atom is 0.244 e. The molecule has 0 amide bonds. The molecule has 1 aromatic rings. The van der Waals surface area contributed by atoms with Crippen LogP contribution in [0.25, 0.3) is 0 Å². The van der Waals surface area contributed by atoms with E-state index in [0.29, 0.717) is 18.9 Å². The van der Waals surface area contributed by atoms with Crippen LogP contribution in [-0.2, 0) is 14.8 Å². The second-order valence-corrected chi connectivity index (χ2v) is 6.85. The minimum Gasteiger partial charge on any atom is -0.381 e. The number of benzene rings is 1. The summed E-state index contributed by atoms with van der Waals surface area (Å²) in [6.07, 6.45) is 1.10. The molecule has 2 rings (SSSR count). The van der Waals surface area contributed by atoms with E-state index in [1.54, 1.807) is 7.11 Å². The normalized spacial score (nSPS) is 23.2. The molecule has 106 valence electrons. The second-order valence-electron chi connectivity index (χ2n) is 4.35. The van der Waals surface area contributed by atoms with Crippen molar-refractivity contribution < 1.29 is 21.9 Å². The van der Waals surface area contributed by atoms with Crippen molar-refractivity contribution in [3.63, 3.8) is 0 Å². The molecule has 0 radical (unpaired) electrons. The number of sulfonamides is 1. The lowest BCUT2D eigenvalue weighted by Gasteiger charge is -2.34. The van der Waals surface area contributed by atoms with E-state index in [-0.39, 0.29) is 16.6 Å². The zero-order valence-electron chi connectivity index (χ0n) is 9.99. The molecule has 0 unspecified atom stereocenters. The van der Waals surface area contributed by atoms with Crippen molar-refractivity contribution in [2.45, 2.75) is 29.9 Å². The molecule has 0 heterocycles. The van der Waals surface area contributed by atoms with E-state index < -0.39 is 26.6 Å². The van der Waals surface area contributed by atoms with Crippen LogP contribution in [-0.4, -0.2) is 27.7 Å². The van der Waals surface area contributed by atoms with Crippen LogP contribution in [0.1, 0.15) is 12.8 Å². The molecular weight excluding hydrogens is 344 g/mol. The van der Waals surface area contributed by atoms with Gasteiger partial charge in [-0.3, -0.25) is 0 Å². The summed E-state index contributed by atoms with van der Waals surface area (Å²) in [4.78, 5) is -0.574. The Kier molecular flexibility index (Phi) is 4.24. The number of rotatable bonds is 4. The number of hydrogen-bond acceptors (Lipinski definition) is 3. The molecule has 1 N–H and O–H groups in total. The molecule has 1 aliphatic carbocycles. The highest BCUT2D eigenvalue weighted by Crippen LogP contribution is 2.29. The van der Waals surface area contributed by atoms with Crippen LogP contribution in [0.2, 0.25) is 0 Å². The van der Waals surface area contributed by atoms with Crippen LogP contribution in [0.3, 0.4) is 0 Å². The first-order chi connectivity index (χ1) is 8.83. The van der Waals surface area contributed by atoms with E-state index >= 15 is 0 Å². The van der Waals surface area contributed by atoms with Gasteiger partial charge < -0.3 is 4.74 Å². The van der Waals surface area contributed by atoms with E-state index in [9.17, 15) is 17.2 Å². The maximum atomic E-state index is 13.6. The number of methoxy groups -OCH3 is 1. The van der Waals surface area contributed by atoms with Crippen molar-refractivity contribution in [3.05, 3.63) is 28.2 Å². The molecule has 0 atom stereocenters. The zero-order chi connectivity index (χ0) is 14.2. The van der Waals surface area contributed by atoms with Gasteiger partial charge in [-0.05, 0) is 34.8 Å². The number of halogens is 3. The lowest BCUT2D eigenvalue weighted by atomic mass is 9.90. The third-order valence-corrected chi connectivity index (χ3v) is 5.47. The van der Waals surface area contributed by atoms with Gasteiger partial charge in [-0.2, -0.15) is 0 Å². The molecule has 19 heavy (non-hydrogen) atoms. The first-order valence-corrected chi connectivity index (χ1v) is 7.81. The van der Waals surface area contributed by atoms with Crippen molar-refractivity contribution >= 4 is 26.0 Å². The predicted molar refractivity (Wildman–Crippen MR) is 68.2 cm³/mol. The largest absolute Gasteiger partial charge is 0.381 e. The predicted octanol–water partition coefficient (Wildman–Crippen LogP) is 2.18. The summed E-state index contributed by atoms with van der Waals surface area (Å²) in [6.45, 7) is 0. The van der Waals surface area contributed by atoms with Gasteiger partial charge in [0, 0.05) is 23.7 Å². The van der Waals surface area contributed by atoms with E-state index in [1.165, 1.54) is 0 Å². The van der Waals surface area contributed by atoms with Crippen molar-refractivity contribution in [2.75, 3.05) is 7.11 Å². The summed E-state index contributed by atoms with van der Waals surface area (Å²) < 4.78 is 57.9. The van der Waals surface area contributed by atoms with Crippen LogP contribution >= 0.6 is 15.9 Å². The summed E-state index contributed by atoms with van der Waals surface area (Å²) in [5.74, 6) is -1.96. The molecule has 0 aromatic heterocycles. The Labute approximate surface area is 118 Å². The van der Waals surface area contributed by atoms with Gasteiger partial charge in [-0.25, -0.2) is 21.9 Å². The summed E-state index contributed by atoms with van der Waals surface area (Å²) in [6, 6.07) is 1.17. The van der Waals surface area contributed by atoms with Crippen molar-refractivity contribution in [2.24, 2.45) is 0 Å². The van der Waals surface area contributed by atoms with Crippen LogP contribution in [0, 0.1) is 11.6 Å². The minimum absolute atomic E-state index is 0.0224. The van der Waals surface area contributed by atoms with Gasteiger partial charge in [-0.15, -0.1) is 0 Å². The highest BCUT2D eigenvalue weighted by atomic mass is 79.9. The molecule has 4 nitrogen and oxygen atoms in total. The Balaban J connectivity index is 2.21. The first kappa shape index (κ1) is 14.8. The minimum atomic E-state index is -4.02. The first-order valence-electron chi connectivity index (χ1n) is 5.53. The average molecular weight is 356 g/mol. The van der Waals surface area contributed by atoms with Crippen molar-refractivity contribution in [3.8, 4) is 0 Å². The maximum absolute atomic E-state index is 13.6.